The minimum Gasteiger partial charge on any atom is -0.484 e. The molecule has 5 nitrogen and oxygen atoms in total. The van der Waals surface area contributed by atoms with Crippen molar-refractivity contribution in [2.75, 3.05) is 37.2 Å². The van der Waals surface area contributed by atoms with E-state index in [9.17, 15) is 0 Å². The number of hydrogen-bond donors (Lipinski definition) is 2. The van der Waals surface area contributed by atoms with Crippen LogP contribution in [0.1, 0.15) is 39.5 Å². The monoisotopic (exact) mass is 298 g/mol. The van der Waals surface area contributed by atoms with Crippen molar-refractivity contribution in [2.24, 2.45) is 0 Å². The van der Waals surface area contributed by atoms with E-state index in [0.717, 1.165) is 18.1 Å². The highest BCUT2D eigenvalue weighted by Gasteiger charge is 2.15. The summed E-state index contributed by atoms with van der Waals surface area (Å²) in [6, 6.07) is 0. The normalized spacial score (nSPS) is 17.1. The molecule has 2 heterocycles. The van der Waals surface area contributed by atoms with Gasteiger partial charge in [0.25, 0.3) is 0 Å². The van der Waals surface area contributed by atoms with Gasteiger partial charge in [-0.1, -0.05) is 12.8 Å². The SMILES string of the molecule is CC(C)Oc1c(N)nsc1NCCN1CCCCCC1. The maximum absolute atomic E-state index is 5.85. The molecule has 0 atom stereocenters. The molecule has 1 aromatic rings. The molecular formula is C14H26N4OS. The summed E-state index contributed by atoms with van der Waals surface area (Å²) >= 11 is 1.38. The Kier molecular flexibility index (Phi) is 5.91. The molecule has 0 aliphatic carbocycles. The van der Waals surface area contributed by atoms with Crippen LogP contribution in [0.15, 0.2) is 0 Å². The first-order valence-corrected chi connectivity index (χ1v) is 8.32. The van der Waals surface area contributed by atoms with E-state index in [2.05, 4.69) is 14.6 Å². The van der Waals surface area contributed by atoms with Crippen molar-refractivity contribution in [1.29, 1.82) is 0 Å². The smallest absolute Gasteiger partial charge is 0.197 e. The van der Waals surface area contributed by atoms with Gasteiger partial charge in [-0.05, 0) is 51.3 Å². The van der Waals surface area contributed by atoms with E-state index >= 15 is 0 Å². The summed E-state index contributed by atoms with van der Waals surface area (Å²) in [6.07, 6.45) is 5.52. The summed E-state index contributed by atoms with van der Waals surface area (Å²) in [6.45, 7) is 8.43. The van der Waals surface area contributed by atoms with Gasteiger partial charge >= 0.3 is 0 Å². The first kappa shape index (κ1) is 15.4. The fourth-order valence-corrected chi connectivity index (χ4v) is 3.12. The zero-order valence-corrected chi connectivity index (χ0v) is 13.3. The van der Waals surface area contributed by atoms with Gasteiger partial charge in [-0.3, -0.25) is 0 Å². The largest absolute Gasteiger partial charge is 0.484 e. The quantitative estimate of drug-likeness (QED) is 0.845. The third kappa shape index (κ3) is 4.52. The van der Waals surface area contributed by atoms with Crippen molar-refractivity contribution in [1.82, 2.24) is 9.27 Å². The molecule has 0 radical (unpaired) electrons. The lowest BCUT2D eigenvalue weighted by molar-refractivity contribution is 0.245. The number of nitrogen functional groups attached to an aromatic ring is 1. The summed E-state index contributed by atoms with van der Waals surface area (Å²) in [4.78, 5) is 2.54. The van der Waals surface area contributed by atoms with Gasteiger partial charge in [0.05, 0.1) is 6.10 Å². The van der Waals surface area contributed by atoms with Gasteiger partial charge in [0.2, 0.25) is 0 Å². The fraction of sp³-hybridized carbons (Fsp3) is 0.786. The Bertz CT molecular complexity index is 400. The van der Waals surface area contributed by atoms with Crippen LogP contribution < -0.4 is 15.8 Å². The Labute approximate surface area is 125 Å². The van der Waals surface area contributed by atoms with Crippen LogP contribution in [0.4, 0.5) is 10.8 Å². The second-order valence-electron chi connectivity index (χ2n) is 5.58. The zero-order valence-electron chi connectivity index (χ0n) is 12.5. The van der Waals surface area contributed by atoms with Crippen LogP contribution in [0.3, 0.4) is 0 Å². The van der Waals surface area contributed by atoms with E-state index in [0.29, 0.717) is 11.6 Å². The maximum atomic E-state index is 5.85. The Morgan fingerprint density at radius 1 is 1.30 bits per heavy atom. The van der Waals surface area contributed by atoms with E-state index in [1.807, 2.05) is 13.8 Å². The molecule has 1 saturated heterocycles. The van der Waals surface area contributed by atoms with E-state index in [1.54, 1.807) is 0 Å². The summed E-state index contributed by atoms with van der Waals surface area (Å²) < 4.78 is 9.89. The average Bonchev–Trinajstić information content (AvgIpc) is 2.64. The van der Waals surface area contributed by atoms with Crippen LogP contribution in [0.5, 0.6) is 5.75 Å². The van der Waals surface area contributed by atoms with Gasteiger partial charge in [-0.2, -0.15) is 4.37 Å². The predicted octanol–water partition coefficient (Wildman–Crippen LogP) is 2.80. The number of anilines is 2. The molecule has 1 aliphatic heterocycles. The standard InChI is InChI=1S/C14H26N4OS/c1-11(2)19-12-13(15)17-20-14(12)16-7-10-18-8-5-3-4-6-9-18/h11,16H,3-10H2,1-2H3,(H2,15,17). The number of nitrogens with zero attached hydrogens (tertiary/aromatic N) is 2. The van der Waals surface area contributed by atoms with Crippen molar-refractivity contribution in [2.45, 2.75) is 45.6 Å². The molecule has 1 fully saturated rings. The molecule has 6 heteroatoms. The average molecular weight is 298 g/mol. The topological polar surface area (TPSA) is 63.4 Å². The Hall–Kier alpha value is -1.01. The van der Waals surface area contributed by atoms with Crippen LogP contribution >= 0.6 is 11.5 Å². The van der Waals surface area contributed by atoms with Gasteiger partial charge < -0.3 is 20.7 Å². The van der Waals surface area contributed by atoms with Crippen LogP contribution in [-0.2, 0) is 0 Å². The fourth-order valence-electron chi connectivity index (χ4n) is 2.44. The Morgan fingerprint density at radius 3 is 2.65 bits per heavy atom. The molecule has 2 rings (SSSR count). The van der Waals surface area contributed by atoms with Gasteiger partial charge in [0.1, 0.15) is 0 Å². The van der Waals surface area contributed by atoms with Crippen molar-refractivity contribution < 1.29 is 4.74 Å². The molecule has 1 aromatic heterocycles. The number of hydrogen-bond acceptors (Lipinski definition) is 6. The summed E-state index contributed by atoms with van der Waals surface area (Å²) in [7, 11) is 0. The van der Waals surface area contributed by atoms with Crippen molar-refractivity contribution in [3.05, 3.63) is 0 Å². The highest BCUT2D eigenvalue weighted by Crippen LogP contribution is 2.35. The lowest BCUT2D eigenvalue weighted by Gasteiger charge is -2.20. The van der Waals surface area contributed by atoms with E-state index in [-0.39, 0.29) is 6.10 Å². The van der Waals surface area contributed by atoms with Crippen LogP contribution in [0.25, 0.3) is 0 Å². The highest BCUT2D eigenvalue weighted by atomic mass is 32.1. The van der Waals surface area contributed by atoms with Gasteiger partial charge in [-0.25, -0.2) is 0 Å². The molecule has 0 bridgehead atoms. The van der Waals surface area contributed by atoms with Crippen LogP contribution in [-0.4, -0.2) is 41.6 Å². The van der Waals surface area contributed by atoms with Crippen molar-refractivity contribution in [3.8, 4) is 5.75 Å². The lowest BCUT2D eigenvalue weighted by atomic mass is 10.2. The minimum absolute atomic E-state index is 0.111. The molecule has 1 aliphatic rings. The van der Waals surface area contributed by atoms with Crippen molar-refractivity contribution in [3.63, 3.8) is 0 Å². The number of aromatic nitrogens is 1. The molecule has 3 N–H and O–H groups in total. The third-order valence-electron chi connectivity index (χ3n) is 3.44. The second kappa shape index (κ2) is 7.69. The number of ether oxygens (including phenoxy) is 1. The zero-order chi connectivity index (χ0) is 14.4. The molecule has 0 spiro atoms. The molecule has 0 unspecified atom stereocenters. The molecule has 20 heavy (non-hydrogen) atoms. The minimum atomic E-state index is 0.111. The molecular weight excluding hydrogens is 272 g/mol. The number of nitrogens with one attached hydrogen (secondary N) is 1. The molecule has 0 aromatic carbocycles. The summed E-state index contributed by atoms with van der Waals surface area (Å²) in [5.74, 6) is 1.20. The molecule has 114 valence electrons. The lowest BCUT2D eigenvalue weighted by Crippen LogP contribution is -2.29. The van der Waals surface area contributed by atoms with E-state index in [1.165, 1.54) is 50.3 Å². The van der Waals surface area contributed by atoms with Crippen LogP contribution in [0.2, 0.25) is 0 Å². The summed E-state index contributed by atoms with van der Waals surface area (Å²) in [5.41, 5.74) is 5.85. The first-order chi connectivity index (χ1) is 9.66. The second-order valence-corrected chi connectivity index (χ2v) is 6.35. The Morgan fingerprint density at radius 2 is 2.00 bits per heavy atom. The predicted molar refractivity (Wildman–Crippen MR) is 85.7 cm³/mol. The Balaban J connectivity index is 1.81. The highest BCUT2D eigenvalue weighted by molar-refractivity contribution is 7.11. The number of likely N-dealkylation sites (tertiary alicyclic amines) is 1. The van der Waals surface area contributed by atoms with Gasteiger partial charge in [0.15, 0.2) is 16.6 Å². The summed E-state index contributed by atoms with van der Waals surface area (Å²) in [5, 5.41) is 4.37. The van der Waals surface area contributed by atoms with Gasteiger partial charge in [0, 0.05) is 13.1 Å². The van der Waals surface area contributed by atoms with Gasteiger partial charge in [-0.15, -0.1) is 0 Å². The van der Waals surface area contributed by atoms with Crippen molar-refractivity contribution >= 4 is 22.4 Å². The van der Waals surface area contributed by atoms with Crippen LogP contribution in [0, 0.1) is 0 Å². The van der Waals surface area contributed by atoms with E-state index in [4.69, 9.17) is 10.5 Å². The third-order valence-corrected chi connectivity index (χ3v) is 4.24. The number of nitrogens with two attached hydrogens (primary N) is 1. The number of rotatable bonds is 6. The first-order valence-electron chi connectivity index (χ1n) is 7.55. The molecule has 0 amide bonds. The van der Waals surface area contributed by atoms with E-state index < -0.39 is 0 Å². The maximum Gasteiger partial charge on any atom is 0.197 e. The molecule has 0 saturated carbocycles.